The summed E-state index contributed by atoms with van der Waals surface area (Å²) in [4.78, 5) is 0. The molecule has 0 aliphatic heterocycles. The Morgan fingerprint density at radius 2 is 1.42 bits per heavy atom. The van der Waals surface area contributed by atoms with Crippen molar-refractivity contribution in [3.05, 3.63) is 0 Å². The first-order valence-electron chi connectivity index (χ1n) is 7.95. The third-order valence-electron chi connectivity index (χ3n) is 3.02. The average molecular weight is 307 g/mol. The van der Waals surface area contributed by atoms with E-state index in [1.807, 2.05) is 21.6 Å². The molecule has 0 saturated carbocycles. The van der Waals surface area contributed by atoms with Gasteiger partial charge in [-0.15, -0.1) is 0 Å². The summed E-state index contributed by atoms with van der Waals surface area (Å²) < 4.78 is 0.289. The molecule has 0 radical (unpaired) electrons. The zero-order valence-electron chi connectivity index (χ0n) is 13.4. The lowest BCUT2D eigenvalue weighted by molar-refractivity contribution is 0.288. The Morgan fingerprint density at radius 1 is 0.895 bits per heavy atom. The third-order valence-corrected chi connectivity index (χ3v) is 6.88. The quantitative estimate of drug-likeness (QED) is 0.350. The molecule has 0 heterocycles. The van der Waals surface area contributed by atoms with Crippen LogP contribution in [-0.4, -0.2) is 21.7 Å². The molecule has 0 spiro atoms. The first-order chi connectivity index (χ1) is 8.99. The van der Waals surface area contributed by atoms with E-state index in [-0.39, 0.29) is 4.75 Å². The number of hydrogen-bond acceptors (Lipinski definition) is 3. The SMILES string of the molecule is CCCCCCCCCCC(CO)SSC(C)(C)C. The predicted octanol–water partition coefficient (Wildman–Crippen LogP) is 6.06. The van der Waals surface area contributed by atoms with Crippen LogP contribution in [0.3, 0.4) is 0 Å². The molecule has 3 heteroatoms. The van der Waals surface area contributed by atoms with Crippen molar-refractivity contribution in [3.63, 3.8) is 0 Å². The summed E-state index contributed by atoms with van der Waals surface area (Å²) in [7, 11) is 3.77. The van der Waals surface area contributed by atoms with Gasteiger partial charge < -0.3 is 5.11 Å². The van der Waals surface area contributed by atoms with Gasteiger partial charge in [-0.25, -0.2) is 0 Å². The highest BCUT2D eigenvalue weighted by molar-refractivity contribution is 8.77. The van der Waals surface area contributed by atoms with E-state index in [9.17, 15) is 5.11 Å². The van der Waals surface area contributed by atoms with Crippen LogP contribution >= 0.6 is 21.6 Å². The van der Waals surface area contributed by atoms with Gasteiger partial charge in [0, 0.05) is 10.00 Å². The Hall–Kier alpha value is 0.660. The van der Waals surface area contributed by atoms with E-state index in [0.29, 0.717) is 11.9 Å². The summed E-state index contributed by atoms with van der Waals surface area (Å²) >= 11 is 0. The molecule has 0 aromatic rings. The van der Waals surface area contributed by atoms with Crippen molar-refractivity contribution in [3.8, 4) is 0 Å². The fourth-order valence-electron chi connectivity index (χ4n) is 1.89. The zero-order chi connectivity index (χ0) is 14.6. The van der Waals surface area contributed by atoms with Crippen molar-refractivity contribution in [2.45, 2.75) is 95.5 Å². The molecule has 1 nitrogen and oxygen atoms in total. The lowest BCUT2D eigenvalue weighted by Crippen LogP contribution is -2.11. The van der Waals surface area contributed by atoms with Crippen molar-refractivity contribution in [2.24, 2.45) is 0 Å². The van der Waals surface area contributed by atoms with E-state index in [1.54, 1.807) is 0 Å². The second-order valence-electron chi connectivity index (χ2n) is 6.36. The first-order valence-corrected chi connectivity index (χ1v) is 10.2. The van der Waals surface area contributed by atoms with Crippen LogP contribution < -0.4 is 0 Å². The highest BCUT2D eigenvalue weighted by atomic mass is 33.1. The lowest BCUT2D eigenvalue weighted by atomic mass is 10.1. The van der Waals surface area contributed by atoms with E-state index in [0.717, 1.165) is 0 Å². The van der Waals surface area contributed by atoms with Gasteiger partial charge in [-0.3, -0.25) is 0 Å². The van der Waals surface area contributed by atoms with Crippen LogP contribution in [0.1, 0.15) is 85.5 Å². The molecule has 0 rings (SSSR count). The van der Waals surface area contributed by atoms with Gasteiger partial charge in [0.15, 0.2) is 0 Å². The average Bonchev–Trinajstić information content (AvgIpc) is 2.35. The number of aliphatic hydroxyl groups excluding tert-OH is 1. The standard InChI is InChI=1S/C16H34OS2/c1-5-6-7-8-9-10-11-12-13-15(14-17)18-19-16(2,3)4/h15,17H,5-14H2,1-4H3. The molecule has 0 amide bonds. The molecule has 0 aliphatic rings. The van der Waals surface area contributed by atoms with Crippen molar-refractivity contribution in [2.75, 3.05) is 6.61 Å². The van der Waals surface area contributed by atoms with Crippen molar-refractivity contribution in [1.29, 1.82) is 0 Å². The number of rotatable bonds is 12. The maximum atomic E-state index is 9.39. The topological polar surface area (TPSA) is 20.2 Å². The van der Waals surface area contributed by atoms with Gasteiger partial charge in [0.1, 0.15) is 0 Å². The smallest absolute Gasteiger partial charge is 0.0558 e. The Labute approximate surface area is 129 Å². The molecule has 1 unspecified atom stereocenters. The summed E-state index contributed by atoms with van der Waals surface area (Å²) in [5, 5.41) is 9.81. The van der Waals surface area contributed by atoms with Crippen LogP contribution in [0.25, 0.3) is 0 Å². The molecule has 0 fully saturated rings. The van der Waals surface area contributed by atoms with Crippen LogP contribution in [-0.2, 0) is 0 Å². The summed E-state index contributed by atoms with van der Waals surface area (Å²) in [6.07, 6.45) is 12.1. The van der Waals surface area contributed by atoms with E-state index < -0.39 is 0 Å². The third kappa shape index (κ3) is 14.9. The minimum Gasteiger partial charge on any atom is -0.395 e. The Balaban J connectivity index is 3.41. The molecular weight excluding hydrogens is 272 g/mol. The maximum absolute atomic E-state index is 9.39. The van der Waals surface area contributed by atoms with Gasteiger partial charge in [0.2, 0.25) is 0 Å². The highest BCUT2D eigenvalue weighted by Gasteiger charge is 2.15. The van der Waals surface area contributed by atoms with E-state index >= 15 is 0 Å². The normalized spacial score (nSPS) is 13.7. The van der Waals surface area contributed by atoms with Crippen LogP contribution in [0.15, 0.2) is 0 Å². The van der Waals surface area contributed by atoms with E-state index in [2.05, 4.69) is 27.7 Å². The maximum Gasteiger partial charge on any atom is 0.0558 e. The summed E-state index contributed by atoms with van der Waals surface area (Å²) in [5.41, 5.74) is 0. The fraction of sp³-hybridized carbons (Fsp3) is 1.00. The number of aliphatic hydroxyl groups is 1. The molecule has 0 bridgehead atoms. The molecule has 19 heavy (non-hydrogen) atoms. The molecule has 0 saturated heterocycles. The van der Waals surface area contributed by atoms with Gasteiger partial charge in [0.05, 0.1) is 6.61 Å². The van der Waals surface area contributed by atoms with Crippen molar-refractivity contribution < 1.29 is 5.11 Å². The second-order valence-corrected chi connectivity index (χ2v) is 9.69. The minimum absolute atomic E-state index is 0.289. The molecule has 1 N–H and O–H groups in total. The van der Waals surface area contributed by atoms with Crippen molar-refractivity contribution in [1.82, 2.24) is 0 Å². The van der Waals surface area contributed by atoms with Gasteiger partial charge in [-0.05, 0) is 6.42 Å². The zero-order valence-corrected chi connectivity index (χ0v) is 15.0. The summed E-state index contributed by atoms with van der Waals surface area (Å²) in [5.74, 6) is 0. The first kappa shape index (κ1) is 19.7. The van der Waals surface area contributed by atoms with Crippen LogP contribution in [0.4, 0.5) is 0 Å². The van der Waals surface area contributed by atoms with Gasteiger partial charge in [0.25, 0.3) is 0 Å². The number of unbranched alkanes of at least 4 members (excludes halogenated alkanes) is 7. The van der Waals surface area contributed by atoms with Crippen LogP contribution in [0.5, 0.6) is 0 Å². The number of hydrogen-bond donors (Lipinski definition) is 1. The second kappa shape index (κ2) is 12.4. The summed E-state index contributed by atoms with van der Waals surface area (Å²) in [6, 6.07) is 0. The van der Waals surface area contributed by atoms with E-state index in [4.69, 9.17) is 0 Å². The molecular formula is C16H34OS2. The van der Waals surface area contributed by atoms with Gasteiger partial charge >= 0.3 is 0 Å². The Bertz CT molecular complexity index is 190. The monoisotopic (exact) mass is 306 g/mol. The lowest BCUT2D eigenvalue weighted by Gasteiger charge is -2.20. The van der Waals surface area contributed by atoms with Crippen molar-refractivity contribution >= 4 is 21.6 Å². The fourth-order valence-corrected chi connectivity index (χ4v) is 4.38. The minimum atomic E-state index is 0.289. The molecule has 0 aliphatic carbocycles. The highest BCUT2D eigenvalue weighted by Crippen LogP contribution is 2.39. The van der Waals surface area contributed by atoms with Gasteiger partial charge in [-0.2, -0.15) is 0 Å². The Morgan fingerprint density at radius 3 is 1.89 bits per heavy atom. The molecule has 0 aromatic carbocycles. The van der Waals surface area contributed by atoms with Crippen LogP contribution in [0, 0.1) is 0 Å². The van der Waals surface area contributed by atoms with Crippen LogP contribution in [0.2, 0.25) is 0 Å². The predicted molar refractivity (Wildman–Crippen MR) is 93.0 cm³/mol. The Kier molecular flexibility index (Phi) is 12.8. The van der Waals surface area contributed by atoms with E-state index in [1.165, 1.54) is 57.8 Å². The van der Waals surface area contributed by atoms with Gasteiger partial charge in [-0.1, -0.05) is 101 Å². The largest absolute Gasteiger partial charge is 0.395 e. The molecule has 116 valence electrons. The summed E-state index contributed by atoms with van der Waals surface area (Å²) in [6.45, 7) is 9.28. The molecule has 1 atom stereocenters. The molecule has 0 aromatic heterocycles.